The SMILES string of the molecule is CCN1CCCC(C(C)NC(C)Cc2ccc(C)s2)C1. The van der Waals surface area contributed by atoms with Crippen molar-refractivity contribution in [2.45, 2.75) is 59.0 Å². The molecule has 3 heteroatoms. The number of likely N-dealkylation sites (tertiary alicyclic amines) is 1. The van der Waals surface area contributed by atoms with Gasteiger partial charge >= 0.3 is 0 Å². The summed E-state index contributed by atoms with van der Waals surface area (Å²) in [7, 11) is 0. The molecule has 0 aromatic carbocycles. The largest absolute Gasteiger partial charge is 0.311 e. The van der Waals surface area contributed by atoms with E-state index in [0.29, 0.717) is 12.1 Å². The van der Waals surface area contributed by atoms with Gasteiger partial charge in [-0.2, -0.15) is 0 Å². The summed E-state index contributed by atoms with van der Waals surface area (Å²) in [5.74, 6) is 0.816. The topological polar surface area (TPSA) is 15.3 Å². The van der Waals surface area contributed by atoms with Gasteiger partial charge in [0.15, 0.2) is 0 Å². The van der Waals surface area contributed by atoms with Crippen molar-refractivity contribution in [1.82, 2.24) is 10.2 Å². The van der Waals surface area contributed by atoms with Crippen LogP contribution < -0.4 is 5.32 Å². The van der Waals surface area contributed by atoms with Gasteiger partial charge in [-0.1, -0.05) is 6.92 Å². The molecule has 2 heterocycles. The lowest BCUT2D eigenvalue weighted by Crippen LogP contribution is -2.47. The molecule has 2 nitrogen and oxygen atoms in total. The molecule has 0 saturated carbocycles. The average molecular weight is 295 g/mol. The molecular formula is C17H30N2S. The van der Waals surface area contributed by atoms with Crippen molar-refractivity contribution in [3.8, 4) is 0 Å². The minimum absolute atomic E-state index is 0.569. The van der Waals surface area contributed by atoms with Gasteiger partial charge in [-0.05, 0) is 71.2 Å². The fourth-order valence-electron chi connectivity index (χ4n) is 3.33. The van der Waals surface area contributed by atoms with Gasteiger partial charge < -0.3 is 10.2 Å². The standard InChI is InChI=1S/C17H30N2S/c1-5-19-10-6-7-16(12-19)15(4)18-13(2)11-17-9-8-14(3)20-17/h8-9,13,15-16,18H,5-7,10-12H2,1-4H3. The smallest absolute Gasteiger partial charge is 0.00896 e. The molecule has 1 aliphatic rings. The molecule has 1 N–H and O–H groups in total. The summed E-state index contributed by atoms with van der Waals surface area (Å²) >= 11 is 1.93. The van der Waals surface area contributed by atoms with Gasteiger partial charge in [0.05, 0.1) is 0 Å². The maximum absolute atomic E-state index is 3.83. The number of aryl methyl sites for hydroxylation is 1. The Balaban J connectivity index is 1.79. The van der Waals surface area contributed by atoms with Crippen molar-refractivity contribution < 1.29 is 0 Å². The summed E-state index contributed by atoms with van der Waals surface area (Å²) in [4.78, 5) is 5.53. The third-order valence-electron chi connectivity index (χ3n) is 4.55. The molecule has 3 unspecified atom stereocenters. The van der Waals surface area contributed by atoms with Crippen molar-refractivity contribution in [3.63, 3.8) is 0 Å². The second-order valence-corrected chi connectivity index (χ2v) is 7.74. The highest BCUT2D eigenvalue weighted by Gasteiger charge is 2.24. The number of nitrogens with one attached hydrogen (secondary N) is 1. The van der Waals surface area contributed by atoms with Gasteiger partial charge in [0.1, 0.15) is 0 Å². The maximum atomic E-state index is 3.83. The van der Waals surface area contributed by atoms with Crippen LogP contribution in [0.4, 0.5) is 0 Å². The molecule has 3 atom stereocenters. The highest BCUT2D eigenvalue weighted by Crippen LogP contribution is 2.21. The predicted molar refractivity (Wildman–Crippen MR) is 89.7 cm³/mol. The number of piperidine rings is 1. The molecule has 0 radical (unpaired) electrons. The maximum Gasteiger partial charge on any atom is 0.00896 e. The first-order chi connectivity index (χ1) is 9.58. The van der Waals surface area contributed by atoms with Crippen molar-refractivity contribution in [2.75, 3.05) is 19.6 Å². The van der Waals surface area contributed by atoms with E-state index < -0.39 is 0 Å². The van der Waals surface area contributed by atoms with Crippen LogP contribution in [-0.2, 0) is 6.42 Å². The zero-order valence-electron chi connectivity index (χ0n) is 13.5. The summed E-state index contributed by atoms with van der Waals surface area (Å²) in [5, 5.41) is 3.83. The fraction of sp³-hybridized carbons (Fsp3) is 0.765. The summed E-state index contributed by atoms with van der Waals surface area (Å²) < 4.78 is 0. The summed E-state index contributed by atoms with van der Waals surface area (Å²) in [6.45, 7) is 12.9. The van der Waals surface area contributed by atoms with E-state index in [1.807, 2.05) is 11.3 Å². The van der Waals surface area contributed by atoms with Gasteiger partial charge in [0.2, 0.25) is 0 Å². The Labute approximate surface area is 128 Å². The molecular weight excluding hydrogens is 264 g/mol. The van der Waals surface area contributed by atoms with Gasteiger partial charge in [-0.25, -0.2) is 0 Å². The molecule has 2 rings (SSSR count). The van der Waals surface area contributed by atoms with E-state index in [-0.39, 0.29) is 0 Å². The first kappa shape index (κ1) is 16.0. The van der Waals surface area contributed by atoms with E-state index in [9.17, 15) is 0 Å². The predicted octanol–water partition coefficient (Wildman–Crippen LogP) is 3.70. The minimum atomic E-state index is 0.569. The van der Waals surface area contributed by atoms with E-state index in [4.69, 9.17) is 0 Å². The monoisotopic (exact) mass is 294 g/mol. The normalized spacial score (nSPS) is 23.7. The van der Waals surface area contributed by atoms with Crippen LogP contribution in [0.25, 0.3) is 0 Å². The van der Waals surface area contributed by atoms with Crippen LogP contribution in [0.5, 0.6) is 0 Å². The molecule has 1 aromatic heterocycles. The minimum Gasteiger partial charge on any atom is -0.311 e. The van der Waals surface area contributed by atoms with Crippen molar-refractivity contribution in [3.05, 3.63) is 21.9 Å². The van der Waals surface area contributed by atoms with Crippen LogP contribution >= 0.6 is 11.3 Å². The molecule has 114 valence electrons. The Bertz CT molecular complexity index is 401. The Morgan fingerprint density at radius 3 is 2.85 bits per heavy atom. The Hall–Kier alpha value is -0.380. The number of thiophene rings is 1. The molecule has 0 aliphatic carbocycles. The van der Waals surface area contributed by atoms with Gasteiger partial charge in [-0.15, -0.1) is 11.3 Å². The summed E-state index contributed by atoms with van der Waals surface area (Å²) in [6, 6.07) is 5.71. The van der Waals surface area contributed by atoms with Crippen LogP contribution in [0.15, 0.2) is 12.1 Å². The number of nitrogens with zero attached hydrogens (tertiary/aromatic N) is 1. The molecule has 20 heavy (non-hydrogen) atoms. The highest BCUT2D eigenvalue weighted by molar-refractivity contribution is 7.11. The van der Waals surface area contributed by atoms with Gasteiger partial charge in [0.25, 0.3) is 0 Å². The number of rotatable bonds is 6. The molecule has 1 saturated heterocycles. The zero-order valence-corrected chi connectivity index (χ0v) is 14.3. The summed E-state index contributed by atoms with van der Waals surface area (Å²) in [6.07, 6.45) is 3.91. The average Bonchev–Trinajstić information content (AvgIpc) is 2.83. The third-order valence-corrected chi connectivity index (χ3v) is 5.57. The molecule has 1 aromatic rings. The highest BCUT2D eigenvalue weighted by atomic mass is 32.1. The lowest BCUT2D eigenvalue weighted by Gasteiger charge is -2.36. The van der Waals surface area contributed by atoms with Crippen LogP contribution in [0, 0.1) is 12.8 Å². The third kappa shape index (κ3) is 4.57. The summed E-state index contributed by atoms with van der Waals surface area (Å²) in [5.41, 5.74) is 0. The quantitative estimate of drug-likeness (QED) is 0.860. The van der Waals surface area contributed by atoms with Gasteiger partial charge in [-0.3, -0.25) is 0 Å². The van der Waals surface area contributed by atoms with Crippen molar-refractivity contribution in [1.29, 1.82) is 0 Å². The van der Waals surface area contributed by atoms with E-state index >= 15 is 0 Å². The second kappa shape index (κ2) is 7.58. The van der Waals surface area contributed by atoms with E-state index in [0.717, 1.165) is 12.3 Å². The van der Waals surface area contributed by atoms with E-state index in [2.05, 4.69) is 50.0 Å². The van der Waals surface area contributed by atoms with Crippen LogP contribution in [0.2, 0.25) is 0 Å². The molecule has 1 fully saturated rings. The lowest BCUT2D eigenvalue weighted by molar-refractivity contribution is 0.153. The lowest BCUT2D eigenvalue weighted by atomic mass is 9.91. The Kier molecular flexibility index (Phi) is 6.06. The van der Waals surface area contributed by atoms with Crippen LogP contribution in [0.1, 0.15) is 43.4 Å². The molecule has 0 spiro atoms. The molecule has 1 aliphatic heterocycles. The fourth-order valence-corrected chi connectivity index (χ4v) is 4.35. The van der Waals surface area contributed by atoms with Crippen molar-refractivity contribution >= 4 is 11.3 Å². The van der Waals surface area contributed by atoms with E-state index in [1.165, 1.54) is 42.2 Å². The second-order valence-electron chi connectivity index (χ2n) is 6.37. The van der Waals surface area contributed by atoms with E-state index in [1.54, 1.807) is 0 Å². The Morgan fingerprint density at radius 1 is 1.40 bits per heavy atom. The van der Waals surface area contributed by atoms with Gasteiger partial charge in [0, 0.05) is 28.4 Å². The van der Waals surface area contributed by atoms with Crippen molar-refractivity contribution in [2.24, 2.45) is 5.92 Å². The van der Waals surface area contributed by atoms with Crippen LogP contribution in [0.3, 0.4) is 0 Å². The van der Waals surface area contributed by atoms with Crippen LogP contribution in [-0.4, -0.2) is 36.6 Å². The number of hydrogen-bond donors (Lipinski definition) is 1. The first-order valence-corrected chi connectivity index (χ1v) is 8.93. The number of hydrogen-bond acceptors (Lipinski definition) is 3. The zero-order chi connectivity index (χ0) is 14.5. The molecule has 0 amide bonds. The molecule has 0 bridgehead atoms. The Morgan fingerprint density at radius 2 is 2.20 bits per heavy atom. The first-order valence-electron chi connectivity index (χ1n) is 8.12.